The number of carbonyl (C=O) groups is 3. The highest BCUT2D eigenvalue weighted by Gasteiger charge is 2.27. The summed E-state index contributed by atoms with van der Waals surface area (Å²) in [6, 6.07) is 8.43. The Labute approximate surface area is 166 Å². The largest absolute Gasteiger partial charge is 0.465 e. The number of nitrogens with zero attached hydrogens (tertiary/aromatic N) is 1. The molecule has 0 atom stereocenters. The number of hydrogen-bond acceptors (Lipinski definition) is 6. The van der Waals surface area contributed by atoms with Gasteiger partial charge >= 0.3 is 5.97 Å². The molecule has 1 aromatic heterocycles. The predicted molar refractivity (Wildman–Crippen MR) is 107 cm³/mol. The van der Waals surface area contributed by atoms with Crippen molar-refractivity contribution in [1.29, 1.82) is 0 Å². The molecule has 0 unspecified atom stereocenters. The van der Waals surface area contributed by atoms with Gasteiger partial charge in [0.15, 0.2) is 5.78 Å². The van der Waals surface area contributed by atoms with Crippen LogP contribution >= 0.6 is 22.9 Å². The third kappa shape index (κ3) is 4.94. The van der Waals surface area contributed by atoms with Gasteiger partial charge in [0.05, 0.1) is 23.7 Å². The Morgan fingerprint density at radius 1 is 1.19 bits per heavy atom. The van der Waals surface area contributed by atoms with E-state index >= 15 is 0 Å². The van der Waals surface area contributed by atoms with E-state index < -0.39 is 11.9 Å². The molecule has 0 saturated carbocycles. The van der Waals surface area contributed by atoms with Gasteiger partial charge in [0.2, 0.25) is 5.91 Å². The third-order valence-electron chi connectivity index (χ3n) is 3.79. The number of aryl methyl sites for hydroxylation is 1. The van der Waals surface area contributed by atoms with E-state index in [1.807, 2.05) is 6.92 Å². The van der Waals surface area contributed by atoms with Crippen LogP contribution in [0.1, 0.15) is 34.6 Å². The van der Waals surface area contributed by atoms with Crippen molar-refractivity contribution in [2.45, 2.75) is 20.3 Å². The van der Waals surface area contributed by atoms with Gasteiger partial charge in [0.25, 0.3) is 0 Å². The number of ketones is 1. The number of halogens is 1. The fourth-order valence-electron chi connectivity index (χ4n) is 2.48. The zero-order valence-corrected chi connectivity index (χ0v) is 16.7. The van der Waals surface area contributed by atoms with Crippen molar-refractivity contribution in [2.24, 2.45) is 5.73 Å². The number of amides is 1. The Hall–Kier alpha value is -2.22. The molecule has 0 bridgehead atoms. The molecule has 1 amide bonds. The topological polar surface area (TPSA) is 89.7 Å². The van der Waals surface area contributed by atoms with Crippen molar-refractivity contribution in [2.75, 3.05) is 24.6 Å². The number of thiophene rings is 1. The molecule has 8 heteroatoms. The number of esters is 1. The summed E-state index contributed by atoms with van der Waals surface area (Å²) in [5.74, 6) is -1.35. The molecule has 0 fully saturated rings. The van der Waals surface area contributed by atoms with Gasteiger partial charge in [0, 0.05) is 10.4 Å². The number of anilines is 1. The van der Waals surface area contributed by atoms with Crippen LogP contribution in [-0.4, -0.2) is 37.4 Å². The summed E-state index contributed by atoms with van der Waals surface area (Å²) in [4.78, 5) is 39.6. The predicted octanol–water partition coefficient (Wildman–Crippen LogP) is 3.05. The number of hydrogen-bond donors (Lipinski definition) is 1. The molecule has 27 heavy (non-hydrogen) atoms. The third-order valence-corrected chi connectivity index (χ3v) is 5.42. The van der Waals surface area contributed by atoms with Crippen molar-refractivity contribution in [3.05, 3.63) is 51.4 Å². The molecule has 0 aliphatic carbocycles. The summed E-state index contributed by atoms with van der Waals surface area (Å²) in [5.41, 5.74) is 6.16. The molecule has 2 rings (SSSR count). The zero-order valence-electron chi connectivity index (χ0n) is 15.2. The molecule has 0 aliphatic heterocycles. The zero-order chi connectivity index (χ0) is 20.0. The van der Waals surface area contributed by atoms with Gasteiger partial charge in [-0.25, -0.2) is 0 Å². The SMILES string of the molecule is CCOC(=O)CN(C(=O)CN)c1sc(CC)cc1C(=O)c1ccccc1Cl. The lowest BCUT2D eigenvalue weighted by atomic mass is 10.0. The minimum Gasteiger partial charge on any atom is -0.465 e. The second-order valence-corrected chi connectivity index (χ2v) is 7.11. The van der Waals surface area contributed by atoms with Crippen molar-refractivity contribution >= 4 is 45.6 Å². The van der Waals surface area contributed by atoms with E-state index in [9.17, 15) is 14.4 Å². The first-order valence-corrected chi connectivity index (χ1v) is 9.70. The van der Waals surface area contributed by atoms with Crippen LogP contribution in [0.3, 0.4) is 0 Å². The van der Waals surface area contributed by atoms with E-state index in [-0.39, 0.29) is 25.5 Å². The smallest absolute Gasteiger partial charge is 0.326 e. The Kier molecular flexibility index (Phi) is 7.53. The molecule has 0 saturated heterocycles. The summed E-state index contributed by atoms with van der Waals surface area (Å²) >= 11 is 7.44. The molecule has 2 aromatic rings. The van der Waals surface area contributed by atoms with Crippen molar-refractivity contribution in [1.82, 2.24) is 0 Å². The highest BCUT2D eigenvalue weighted by molar-refractivity contribution is 7.16. The fourth-order valence-corrected chi connectivity index (χ4v) is 3.81. The Balaban J connectivity index is 2.52. The van der Waals surface area contributed by atoms with Gasteiger partial charge in [-0.05, 0) is 31.5 Å². The van der Waals surface area contributed by atoms with Gasteiger partial charge in [-0.2, -0.15) is 0 Å². The summed E-state index contributed by atoms with van der Waals surface area (Å²) in [6.07, 6.45) is 0.678. The van der Waals surface area contributed by atoms with Crippen LogP contribution in [0.4, 0.5) is 5.00 Å². The number of carbonyl (C=O) groups excluding carboxylic acids is 3. The minimum absolute atomic E-state index is 0.194. The number of ether oxygens (including phenoxy) is 1. The second kappa shape index (κ2) is 9.64. The number of nitrogens with two attached hydrogens (primary N) is 1. The Bertz CT molecular complexity index is 850. The molecular formula is C19H21ClN2O4S. The molecule has 0 radical (unpaired) electrons. The first kappa shape index (κ1) is 21.1. The van der Waals surface area contributed by atoms with Crippen LogP contribution in [0, 0.1) is 0 Å². The van der Waals surface area contributed by atoms with Gasteiger partial charge in [-0.3, -0.25) is 19.3 Å². The van der Waals surface area contributed by atoms with Gasteiger partial charge < -0.3 is 10.5 Å². The summed E-state index contributed by atoms with van der Waals surface area (Å²) in [7, 11) is 0. The van der Waals surface area contributed by atoms with E-state index in [0.29, 0.717) is 27.6 Å². The molecular weight excluding hydrogens is 388 g/mol. The van der Waals surface area contributed by atoms with Crippen LogP contribution in [0.2, 0.25) is 5.02 Å². The van der Waals surface area contributed by atoms with E-state index in [2.05, 4.69) is 0 Å². The molecule has 1 heterocycles. The van der Waals surface area contributed by atoms with Gasteiger partial charge in [-0.15, -0.1) is 11.3 Å². The summed E-state index contributed by atoms with van der Waals surface area (Å²) < 4.78 is 4.95. The molecule has 6 nitrogen and oxygen atoms in total. The van der Waals surface area contributed by atoms with Crippen LogP contribution in [0.5, 0.6) is 0 Å². The van der Waals surface area contributed by atoms with E-state index in [1.165, 1.54) is 16.2 Å². The quantitative estimate of drug-likeness (QED) is 0.535. The van der Waals surface area contributed by atoms with E-state index in [4.69, 9.17) is 22.1 Å². The van der Waals surface area contributed by atoms with Crippen molar-refractivity contribution < 1.29 is 19.1 Å². The molecule has 144 valence electrons. The summed E-state index contributed by atoms with van der Waals surface area (Å²) in [6.45, 7) is 3.22. The minimum atomic E-state index is -0.568. The first-order chi connectivity index (χ1) is 12.9. The van der Waals surface area contributed by atoms with E-state index in [0.717, 1.165) is 4.88 Å². The van der Waals surface area contributed by atoms with E-state index in [1.54, 1.807) is 37.3 Å². The van der Waals surface area contributed by atoms with Crippen LogP contribution in [-0.2, 0) is 20.7 Å². The number of rotatable bonds is 8. The molecule has 2 N–H and O–H groups in total. The Morgan fingerprint density at radius 3 is 2.48 bits per heavy atom. The maximum absolute atomic E-state index is 13.1. The second-order valence-electron chi connectivity index (χ2n) is 5.58. The standard InChI is InChI=1S/C19H21ClN2O4S/c1-3-12-9-14(18(25)13-7-5-6-8-15(13)20)19(27-12)22(16(23)10-21)11-17(24)26-4-2/h5-9H,3-4,10-11,21H2,1-2H3. The average Bonchev–Trinajstić information content (AvgIpc) is 3.09. The molecule has 0 spiro atoms. The lowest BCUT2D eigenvalue weighted by molar-refractivity contribution is -0.142. The maximum atomic E-state index is 13.1. The fraction of sp³-hybridized carbons (Fsp3) is 0.316. The normalized spacial score (nSPS) is 10.5. The molecule has 0 aliphatic rings. The lowest BCUT2D eigenvalue weighted by Crippen LogP contribution is -2.40. The van der Waals surface area contributed by atoms with Gasteiger partial charge in [0.1, 0.15) is 11.5 Å². The lowest BCUT2D eigenvalue weighted by Gasteiger charge is -2.21. The molecule has 1 aromatic carbocycles. The van der Waals surface area contributed by atoms with Crippen molar-refractivity contribution in [3.63, 3.8) is 0 Å². The number of benzene rings is 1. The highest BCUT2D eigenvalue weighted by atomic mass is 35.5. The van der Waals surface area contributed by atoms with Crippen LogP contribution < -0.4 is 10.6 Å². The van der Waals surface area contributed by atoms with Crippen LogP contribution in [0.25, 0.3) is 0 Å². The maximum Gasteiger partial charge on any atom is 0.326 e. The van der Waals surface area contributed by atoms with Gasteiger partial charge in [-0.1, -0.05) is 30.7 Å². The van der Waals surface area contributed by atoms with Crippen LogP contribution in [0.15, 0.2) is 30.3 Å². The highest BCUT2D eigenvalue weighted by Crippen LogP contribution is 2.35. The first-order valence-electron chi connectivity index (χ1n) is 8.50. The Morgan fingerprint density at radius 2 is 1.89 bits per heavy atom. The average molecular weight is 409 g/mol. The summed E-state index contributed by atoms with van der Waals surface area (Å²) in [5, 5.41) is 0.695. The van der Waals surface area contributed by atoms with Crippen molar-refractivity contribution in [3.8, 4) is 0 Å². The monoisotopic (exact) mass is 408 g/mol.